The molecule has 12 nitrogen and oxygen atoms in total. The molecule has 2 aromatic rings. The van der Waals surface area contributed by atoms with Crippen LogP contribution in [0.15, 0.2) is 36.7 Å². The SMILES string of the molecule is O=CCCOCCOCCOCCOCCN1CCN(c2ncc(CN3C(=O)c4ccccc4C3=O)cn2)CC1. The number of carbonyl (C=O) groups excluding carboxylic acids is 3. The minimum absolute atomic E-state index is 0.152. The lowest BCUT2D eigenvalue weighted by molar-refractivity contribution is -0.109. The topological polar surface area (TPSA) is 124 Å². The predicted octanol–water partition coefficient (Wildman–Crippen LogP) is 1.05. The van der Waals surface area contributed by atoms with Crippen LogP contribution >= 0.6 is 0 Å². The molecule has 216 valence electrons. The Hall–Kier alpha value is -3.29. The molecule has 1 saturated heterocycles. The number of benzene rings is 1. The number of piperazine rings is 1. The maximum atomic E-state index is 12.6. The van der Waals surface area contributed by atoms with Crippen LogP contribution in [0.3, 0.4) is 0 Å². The summed E-state index contributed by atoms with van der Waals surface area (Å²) in [5, 5.41) is 0. The Bertz CT molecular complexity index is 1060. The third-order valence-electron chi connectivity index (χ3n) is 6.61. The highest BCUT2D eigenvalue weighted by Gasteiger charge is 2.35. The monoisotopic (exact) mass is 555 g/mol. The van der Waals surface area contributed by atoms with Gasteiger partial charge in [-0.15, -0.1) is 0 Å². The molecule has 0 radical (unpaired) electrons. The first-order chi connectivity index (χ1) is 19.7. The van der Waals surface area contributed by atoms with Crippen LogP contribution in [0.2, 0.25) is 0 Å². The number of hydrogen-bond acceptors (Lipinski definition) is 11. The van der Waals surface area contributed by atoms with Crippen LogP contribution in [-0.2, 0) is 30.3 Å². The molecule has 1 fully saturated rings. The van der Waals surface area contributed by atoms with Gasteiger partial charge in [-0.05, 0) is 12.1 Å². The molecule has 0 N–H and O–H groups in total. The van der Waals surface area contributed by atoms with Crippen LogP contribution in [0.4, 0.5) is 5.95 Å². The van der Waals surface area contributed by atoms with Crippen molar-refractivity contribution in [2.24, 2.45) is 0 Å². The fraction of sp³-hybridized carbons (Fsp3) is 0.536. The van der Waals surface area contributed by atoms with Gasteiger partial charge in [0.15, 0.2) is 0 Å². The van der Waals surface area contributed by atoms with E-state index in [-0.39, 0.29) is 18.4 Å². The maximum Gasteiger partial charge on any atom is 0.261 e. The van der Waals surface area contributed by atoms with E-state index in [1.807, 2.05) is 0 Å². The van der Waals surface area contributed by atoms with Crippen LogP contribution in [0.1, 0.15) is 32.7 Å². The number of imide groups is 1. The Kier molecular flexibility index (Phi) is 11.9. The van der Waals surface area contributed by atoms with Crippen molar-refractivity contribution in [2.45, 2.75) is 13.0 Å². The zero-order chi connectivity index (χ0) is 28.0. The lowest BCUT2D eigenvalue weighted by Crippen LogP contribution is -2.48. The summed E-state index contributed by atoms with van der Waals surface area (Å²) in [4.78, 5) is 50.1. The molecule has 1 aromatic heterocycles. The van der Waals surface area contributed by atoms with Gasteiger partial charge in [-0.25, -0.2) is 9.97 Å². The number of nitrogens with zero attached hydrogens (tertiary/aromatic N) is 5. The molecule has 2 amide bonds. The maximum absolute atomic E-state index is 12.6. The number of fused-ring (bicyclic) bond motifs is 1. The third-order valence-corrected chi connectivity index (χ3v) is 6.61. The van der Waals surface area contributed by atoms with E-state index in [2.05, 4.69) is 19.8 Å². The smallest absolute Gasteiger partial charge is 0.261 e. The molecule has 1 aromatic carbocycles. The van der Waals surface area contributed by atoms with Crippen LogP contribution < -0.4 is 4.90 Å². The quantitative estimate of drug-likeness (QED) is 0.149. The van der Waals surface area contributed by atoms with Gasteiger partial charge in [0, 0.05) is 57.1 Å². The van der Waals surface area contributed by atoms with E-state index in [0.717, 1.165) is 39.0 Å². The number of rotatable bonds is 18. The van der Waals surface area contributed by atoms with Crippen molar-refractivity contribution in [3.63, 3.8) is 0 Å². The van der Waals surface area contributed by atoms with Gasteiger partial charge in [0.25, 0.3) is 11.8 Å². The number of anilines is 1. The molecule has 0 unspecified atom stereocenters. The van der Waals surface area contributed by atoms with Crippen LogP contribution in [-0.4, -0.2) is 123 Å². The summed E-state index contributed by atoms with van der Waals surface area (Å²) in [6, 6.07) is 6.87. The Morgan fingerprint density at radius 3 is 1.80 bits per heavy atom. The predicted molar refractivity (Wildman–Crippen MR) is 145 cm³/mol. The summed E-state index contributed by atoms with van der Waals surface area (Å²) in [5.74, 6) is 0.0791. The highest BCUT2D eigenvalue weighted by Crippen LogP contribution is 2.24. The zero-order valence-corrected chi connectivity index (χ0v) is 22.7. The summed E-state index contributed by atoms with van der Waals surface area (Å²) < 4.78 is 21.8. The van der Waals surface area contributed by atoms with Gasteiger partial charge < -0.3 is 28.6 Å². The molecule has 12 heteroatoms. The van der Waals surface area contributed by atoms with Crippen LogP contribution in [0.25, 0.3) is 0 Å². The molecular weight excluding hydrogens is 518 g/mol. The number of hydrogen-bond donors (Lipinski definition) is 0. The van der Waals surface area contributed by atoms with Crippen LogP contribution in [0, 0.1) is 0 Å². The van der Waals surface area contributed by atoms with Gasteiger partial charge in [0.05, 0.1) is 70.5 Å². The molecule has 0 bridgehead atoms. The fourth-order valence-electron chi connectivity index (χ4n) is 4.42. The largest absolute Gasteiger partial charge is 0.379 e. The van der Waals surface area contributed by atoms with Gasteiger partial charge in [0.2, 0.25) is 5.95 Å². The van der Waals surface area contributed by atoms with Gasteiger partial charge >= 0.3 is 0 Å². The second kappa shape index (κ2) is 16.1. The van der Waals surface area contributed by atoms with Crippen molar-refractivity contribution in [1.29, 1.82) is 0 Å². The summed E-state index contributed by atoms with van der Waals surface area (Å²) in [6.07, 6.45) is 4.62. The molecule has 0 spiro atoms. The van der Waals surface area contributed by atoms with Crippen molar-refractivity contribution in [2.75, 3.05) is 90.5 Å². The molecule has 3 heterocycles. The lowest BCUT2D eigenvalue weighted by atomic mass is 10.1. The molecule has 0 saturated carbocycles. The van der Waals surface area contributed by atoms with Crippen molar-refractivity contribution in [1.82, 2.24) is 19.8 Å². The summed E-state index contributed by atoms with van der Waals surface area (Å²) >= 11 is 0. The molecule has 2 aliphatic rings. The first-order valence-corrected chi connectivity index (χ1v) is 13.7. The van der Waals surface area contributed by atoms with E-state index < -0.39 is 0 Å². The summed E-state index contributed by atoms with van der Waals surface area (Å²) in [7, 11) is 0. The second-order valence-electron chi connectivity index (χ2n) is 9.37. The standard InChI is InChI=1S/C28H37N5O7/c34-11-3-12-37-14-16-39-18-19-40-17-15-38-13-10-31-6-8-32(9-7-31)28-29-20-23(21-30-28)22-33-26(35)24-4-1-2-5-25(24)27(33)36/h1-2,4-5,11,20-21H,3,6-10,12-19,22H2. The highest BCUT2D eigenvalue weighted by molar-refractivity contribution is 6.21. The third kappa shape index (κ3) is 8.60. The number of ether oxygens (including phenoxy) is 4. The normalized spacial score (nSPS) is 15.6. The van der Waals surface area contributed by atoms with E-state index in [4.69, 9.17) is 18.9 Å². The number of aromatic nitrogens is 2. The molecular formula is C28H37N5O7. The number of amides is 2. The van der Waals surface area contributed by atoms with Gasteiger partial charge in [-0.1, -0.05) is 12.1 Å². The second-order valence-corrected chi connectivity index (χ2v) is 9.37. The zero-order valence-electron chi connectivity index (χ0n) is 22.7. The molecule has 2 aliphatic heterocycles. The fourth-order valence-corrected chi connectivity index (χ4v) is 4.42. The molecule has 0 atom stereocenters. The number of carbonyl (C=O) groups is 3. The van der Waals surface area contributed by atoms with E-state index in [0.29, 0.717) is 81.9 Å². The minimum Gasteiger partial charge on any atom is -0.379 e. The van der Waals surface area contributed by atoms with E-state index in [1.54, 1.807) is 36.7 Å². The summed E-state index contributed by atoms with van der Waals surface area (Å²) in [5.41, 5.74) is 1.59. The first-order valence-electron chi connectivity index (χ1n) is 13.7. The first kappa shape index (κ1) is 29.7. The Labute approximate surface area is 234 Å². The Balaban J connectivity index is 1.04. The van der Waals surface area contributed by atoms with Crippen molar-refractivity contribution in [3.8, 4) is 0 Å². The van der Waals surface area contributed by atoms with Crippen LogP contribution in [0.5, 0.6) is 0 Å². The van der Waals surface area contributed by atoms with E-state index >= 15 is 0 Å². The molecule has 40 heavy (non-hydrogen) atoms. The molecule has 4 rings (SSSR count). The average Bonchev–Trinajstić information content (AvgIpc) is 3.23. The van der Waals surface area contributed by atoms with Gasteiger partial charge in [0.1, 0.15) is 6.29 Å². The molecule has 0 aliphatic carbocycles. The number of aldehydes is 1. The van der Waals surface area contributed by atoms with Gasteiger partial charge in [-0.3, -0.25) is 19.4 Å². The van der Waals surface area contributed by atoms with Crippen molar-refractivity contribution >= 4 is 24.0 Å². The van der Waals surface area contributed by atoms with E-state index in [9.17, 15) is 14.4 Å². The van der Waals surface area contributed by atoms with Crippen molar-refractivity contribution in [3.05, 3.63) is 53.3 Å². The van der Waals surface area contributed by atoms with Gasteiger partial charge in [-0.2, -0.15) is 0 Å². The highest BCUT2D eigenvalue weighted by atomic mass is 16.6. The minimum atomic E-state index is -0.284. The Morgan fingerprint density at radius 1 is 0.725 bits per heavy atom. The average molecular weight is 556 g/mol. The Morgan fingerprint density at radius 2 is 1.25 bits per heavy atom. The van der Waals surface area contributed by atoms with E-state index in [1.165, 1.54) is 4.90 Å². The lowest BCUT2D eigenvalue weighted by Gasteiger charge is -2.34. The summed E-state index contributed by atoms with van der Waals surface area (Å²) in [6.45, 7) is 8.49. The van der Waals surface area contributed by atoms with Crippen molar-refractivity contribution < 1.29 is 33.3 Å².